The first-order valence-corrected chi connectivity index (χ1v) is 4.50. The molecule has 0 spiro atoms. The van der Waals surface area contributed by atoms with Crippen molar-refractivity contribution in [3.8, 4) is 0 Å². The van der Waals surface area contributed by atoms with Gasteiger partial charge in [-0.25, -0.2) is 19.3 Å². The largest absolute Gasteiger partial charge is 0.246 e. The monoisotopic (exact) mass is 231 g/mol. The van der Waals surface area contributed by atoms with Crippen molar-refractivity contribution < 1.29 is 4.39 Å². The SMILES string of the molecule is FCc1cc(Cl)nc2cnc(Cl)nc12. The summed E-state index contributed by atoms with van der Waals surface area (Å²) in [4.78, 5) is 11.6. The summed E-state index contributed by atoms with van der Waals surface area (Å²) >= 11 is 11.3. The van der Waals surface area contributed by atoms with Gasteiger partial charge in [-0.1, -0.05) is 11.6 Å². The van der Waals surface area contributed by atoms with Gasteiger partial charge in [0.2, 0.25) is 5.28 Å². The van der Waals surface area contributed by atoms with Crippen molar-refractivity contribution in [1.82, 2.24) is 15.0 Å². The number of hydrogen-bond donors (Lipinski definition) is 0. The van der Waals surface area contributed by atoms with Gasteiger partial charge in [-0.05, 0) is 17.7 Å². The predicted molar refractivity (Wildman–Crippen MR) is 52.2 cm³/mol. The second kappa shape index (κ2) is 3.63. The van der Waals surface area contributed by atoms with Crippen molar-refractivity contribution in [2.24, 2.45) is 0 Å². The minimum atomic E-state index is -0.661. The summed E-state index contributed by atoms with van der Waals surface area (Å²) in [6.07, 6.45) is 1.41. The van der Waals surface area contributed by atoms with Gasteiger partial charge in [-0.15, -0.1) is 0 Å². The van der Waals surface area contributed by atoms with Crippen LogP contribution in [0.1, 0.15) is 5.56 Å². The van der Waals surface area contributed by atoms with Crippen LogP contribution in [0.3, 0.4) is 0 Å². The average molecular weight is 232 g/mol. The molecule has 0 fully saturated rings. The Hall–Kier alpha value is -1.00. The quantitative estimate of drug-likeness (QED) is 0.560. The molecule has 2 rings (SSSR count). The van der Waals surface area contributed by atoms with Gasteiger partial charge < -0.3 is 0 Å². The molecule has 72 valence electrons. The normalized spacial score (nSPS) is 10.8. The summed E-state index contributed by atoms with van der Waals surface area (Å²) in [6, 6.07) is 1.42. The Morgan fingerprint density at radius 3 is 2.79 bits per heavy atom. The lowest BCUT2D eigenvalue weighted by Crippen LogP contribution is -1.92. The Morgan fingerprint density at radius 2 is 2.07 bits per heavy atom. The maximum atomic E-state index is 12.6. The van der Waals surface area contributed by atoms with Crippen molar-refractivity contribution in [3.63, 3.8) is 0 Å². The summed E-state index contributed by atoms with van der Waals surface area (Å²) < 4.78 is 12.6. The van der Waals surface area contributed by atoms with Crippen LogP contribution in [0.2, 0.25) is 10.4 Å². The van der Waals surface area contributed by atoms with Crippen LogP contribution in [0.25, 0.3) is 11.0 Å². The van der Waals surface area contributed by atoms with E-state index in [9.17, 15) is 4.39 Å². The van der Waals surface area contributed by atoms with Gasteiger partial charge in [0, 0.05) is 5.56 Å². The van der Waals surface area contributed by atoms with Crippen molar-refractivity contribution in [3.05, 3.63) is 28.3 Å². The highest BCUT2D eigenvalue weighted by Gasteiger charge is 2.07. The van der Waals surface area contributed by atoms with E-state index in [1.165, 1.54) is 12.3 Å². The lowest BCUT2D eigenvalue weighted by atomic mass is 10.2. The Labute approximate surface area is 88.9 Å². The first-order valence-electron chi connectivity index (χ1n) is 3.74. The number of fused-ring (bicyclic) bond motifs is 1. The molecule has 2 heterocycles. The Balaban J connectivity index is 2.81. The van der Waals surface area contributed by atoms with E-state index in [1.54, 1.807) is 0 Å². The van der Waals surface area contributed by atoms with Crippen molar-refractivity contribution in [2.75, 3.05) is 0 Å². The third-order valence-corrected chi connectivity index (χ3v) is 2.08. The van der Waals surface area contributed by atoms with Crippen molar-refractivity contribution in [1.29, 1.82) is 0 Å². The van der Waals surface area contributed by atoms with E-state index in [-0.39, 0.29) is 10.4 Å². The number of rotatable bonds is 1. The number of alkyl halides is 1. The molecule has 0 bridgehead atoms. The van der Waals surface area contributed by atoms with Gasteiger partial charge >= 0.3 is 0 Å². The molecular weight excluding hydrogens is 228 g/mol. The fourth-order valence-electron chi connectivity index (χ4n) is 1.13. The minimum absolute atomic E-state index is 0.0660. The highest BCUT2D eigenvalue weighted by Crippen LogP contribution is 2.20. The molecule has 0 saturated carbocycles. The number of aromatic nitrogens is 3. The molecule has 2 aromatic rings. The molecular formula is C8H4Cl2FN3. The standard InChI is InChI=1S/C8H4Cl2FN3/c9-6-1-4(2-11)7-5(13-6)3-12-8(10)14-7/h1,3H,2H2. The molecule has 0 atom stereocenters. The third-order valence-electron chi connectivity index (χ3n) is 1.71. The van der Waals surface area contributed by atoms with E-state index >= 15 is 0 Å². The lowest BCUT2D eigenvalue weighted by Gasteiger charge is -2.01. The Morgan fingerprint density at radius 1 is 1.29 bits per heavy atom. The minimum Gasteiger partial charge on any atom is -0.246 e. The van der Waals surface area contributed by atoms with Gasteiger partial charge in [0.1, 0.15) is 17.3 Å². The highest BCUT2D eigenvalue weighted by atomic mass is 35.5. The topological polar surface area (TPSA) is 38.7 Å². The Bertz CT molecular complexity index is 489. The zero-order valence-corrected chi connectivity index (χ0v) is 8.35. The smallest absolute Gasteiger partial charge is 0.223 e. The molecule has 3 nitrogen and oxygen atoms in total. The lowest BCUT2D eigenvalue weighted by molar-refractivity contribution is 0.487. The third kappa shape index (κ3) is 1.63. The second-order valence-corrected chi connectivity index (χ2v) is 3.34. The number of hydrogen-bond acceptors (Lipinski definition) is 3. The van der Waals surface area contributed by atoms with Crippen LogP contribution in [0.5, 0.6) is 0 Å². The molecule has 0 N–H and O–H groups in total. The molecule has 6 heteroatoms. The predicted octanol–water partition coefficient (Wildman–Crippen LogP) is 2.80. The molecule has 0 aromatic carbocycles. The maximum Gasteiger partial charge on any atom is 0.223 e. The molecule has 0 saturated heterocycles. The zero-order chi connectivity index (χ0) is 10.1. The van der Waals surface area contributed by atoms with Gasteiger partial charge in [-0.3, -0.25) is 0 Å². The van der Waals surface area contributed by atoms with Crippen LogP contribution in [0, 0.1) is 0 Å². The molecule has 0 aliphatic heterocycles. The fraction of sp³-hybridized carbons (Fsp3) is 0.125. The fourth-order valence-corrected chi connectivity index (χ4v) is 1.49. The van der Waals surface area contributed by atoms with Crippen LogP contribution in [0.4, 0.5) is 4.39 Å². The highest BCUT2D eigenvalue weighted by molar-refractivity contribution is 6.30. The molecule has 0 unspecified atom stereocenters. The van der Waals surface area contributed by atoms with Gasteiger partial charge in [-0.2, -0.15) is 0 Å². The van der Waals surface area contributed by atoms with E-state index in [1.807, 2.05) is 0 Å². The van der Waals surface area contributed by atoms with Crippen LogP contribution in [-0.4, -0.2) is 15.0 Å². The average Bonchev–Trinajstić information content (AvgIpc) is 2.17. The molecule has 0 amide bonds. The van der Waals surface area contributed by atoms with Crippen LogP contribution >= 0.6 is 23.2 Å². The van der Waals surface area contributed by atoms with E-state index < -0.39 is 6.67 Å². The maximum absolute atomic E-state index is 12.6. The summed E-state index contributed by atoms with van der Waals surface area (Å²) in [6.45, 7) is -0.661. The number of pyridine rings is 1. The van der Waals surface area contributed by atoms with Crippen LogP contribution < -0.4 is 0 Å². The van der Waals surface area contributed by atoms with E-state index in [2.05, 4.69) is 15.0 Å². The van der Waals surface area contributed by atoms with Gasteiger partial charge in [0.25, 0.3) is 0 Å². The summed E-state index contributed by atoms with van der Waals surface area (Å²) in [5.74, 6) is 0. The second-order valence-electron chi connectivity index (χ2n) is 2.61. The summed E-state index contributed by atoms with van der Waals surface area (Å²) in [5, 5.41) is 0.285. The molecule has 0 aliphatic carbocycles. The van der Waals surface area contributed by atoms with Gasteiger partial charge in [0.15, 0.2) is 0 Å². The van der Waals surface area contributed by atoms with Crippen LogP contribution in [-0.2, 0) is 6.67 Å². The first-order chi connectivity index (χ1) is 6.70. The molecule has 0 aliphatic rings. The van der Waals surface area contributed by atoms with E-state index in [4.69, 9.17) is 23.2 Å². The number of nitrogens with zero attached hydrogens (tertiary/aromatic N) is 3. The van der Waals surface area contributed by atoms with E-state index in [0.717, 1.165) is 0 Å². The zero-order valence-electron chi connectivity index (χ0n) is 6.84. The molecule has 14 heavy (non-hydrogen) atoms. The Kier molecular flexibility index (Phi) is 2.48. The van der Waals surface area contributed by atoms with Crippen LogP contribution in [0.15, 0.2) is 12.3 Å². The summed E-state index contributed by atoms with van der Waals surface area (Å²) in [5.41, 5.74) is 1.20. The van der Waals surface area contributed by atoms with Crippen molar-refractivity contribution >= 4 is 34.2 Å². The molecule has 2 aromatic heterocycles. The van der Waals surface area contributed by atoms with Gasteiger partial charge in [0.05, 0.1) is 11.7 Å². The first kappa shape index (κ1) is 9.55. The van der Waals surface area contributed by atoms with E-state index in [0.29, 0.717) is 16.6 Å². The molecule has 0 radical (unpaired) electrons. The van der Waals surface area contributed by atoms with Crippen molar-refractivity contribution in [2.45, 2.75) is 6.67 Å². The summed E-state index contributed by atoms with van der Waals surface area (Å²) in [7, 11) is 0. The number of halogens is 3.